The van der Waals surface area contributed by atoms with Gasteiger partial charge in [0, 0.05) is 16.7 Å². The summed E-state index contributed by atoms with van der Waals surface area (Å²) in [5, 5.41) is 4.38. The molecule has 1 atom stereocenters. The van der Waals surface area contributed by atoms with Crippen LogP contribution >= 0.6 is 27.5 Å². The van der Waals surface area contributed by atoms with Gasteiger partial charge in [0.25, 0.3) is 0 Å². The van der Waals surface area contributed by atoms with Gasteiger partial charge in [0.15, 0.2) is 5.65 Å². The maximum Gasteiger partial charge on any atom is 0.163 e. The Kier molecular flexibility index (Phi) is 3.80. The molecule has 3 rings (SSSR count). The molecular weight excluding hydrogens is 352 g/mol. The monoisotopic (exact) mass is 366 g/mol. The summed E-state index contributed by atoms with van der Waals surface area (Å²) < 4.78 is 5.09. The molecule has 0 fully saturated rings. The second-order valence-corrected chi connectivity index (χ2v) is 6.55. The highest BCUT2D eigenvalue weighted by atomic mass is 79.9. The average molecular weight is 368 g/mol. The molecule has 2 aromatic heterocycles. The van der Waals surface area contributed by atoms with Crippen molar-refractivity contribution in [1.82, 2.24) is 19.3 Å². The van der Waals surface area contributed by atoms with E-state index in [0.29, 0.717) is 0 Å². The summed E-state index contributed by atoms with van der Waals surface area (Å²) in [5.74, 6) is 0.840. The molecule has 4 nitrogen and oxygen atoms in total. The summed E-state index contributed by atoms with van der Waals surface area (Å²) >= 11 is 9.87. The Bertz CT molecular complexity index is 803. The Balaban J connectivity index is 2.40. The summed E-state index contributed by atoms with van der Waals surface area (Å²) in [5.41, 5.74) is 3.87. The Morgan fingerprint density at radius 3 is 2.76 bits per heavy atom. The number of nitrogens with zero attached hydrogens (tertiary/aromatic N) is 4. The smallest absolute Gasteiger partial charge is 0.163 e. The van der Waals surface area contributed by atoms with Crippen LogP contribution in [0.4, 0.5) is 0 Å². The lowest BCUT2D eigenvalue weighted by molar-refractivity contribution is 0.658. The molecule has 0 radical (unpaired) electrons. The average Bonchev–Trinajstić information content (AvgIpc) is 2.97. The number of halogens is 2. The molecule has 0 saturated heterocycles. The molecule has 0 aliphatic rings. The van der Waals surface area contributed by atoms with Gasteiger partial charge in [0.05, 0.1) is 11.1 Å². The fourth-order valence-electron chi connectivity index (χ4n) is 2.54. The van der Waals surface area contributed by atoms with Gasteiger partial charge in [-0.1, -0.05) is 22.0 Å². The fraction of sp³-hybridized carbons (Fsp3) is 0.333. The first-order valence-corrected chi connectivity index (χ1v) is 8.11. The third-order valence-corrected chi connectivity index (χ3v) is 4.15. The molecule has 0 spiro atoms. The minimum atomic E-state index is -0.180. The van der Waals surface area contributed by atoms with Gasteiger partial charge in [-0.25, -0.2) is 9.67 Å². The second-order valence-electron chi connectivity index (χ2n) is 4.97. The Morgan fingerprint density at radius 2 is 2.14 bits per heavy atom. The topological polar surface area (TPSA) is 35.6 Å². The molecule has 0 bridgehead atoms. The normalized spacial score (nSPS) is 13.0. The summed E-state index contributed by atoms with van der Waals surface area (Å²) in [6.45, 7) is 6.79. The van der Waals surface area contributed by atoms with Crippen molar-refractivity contribution in [2.24, 2.45) is 0 Å². The fourth-order valence-corrected chi connectivity index (χ4v) is 3.08. The summed E-state index contributed by atoms with van der Waals surface area (Å²) in [6.07, 6.45) is 0. The number of fused-ring (bicyclic) bond motifs is 1. The molecule has 3 aromatic rings. The lowest BCUT2D eigenvalue weighted by Gasteiger charge is -2.12. The van der Waals surface area contributed by atoms with Gasteiger partial charge in [-0.15, -0.1) is 11.6 Å². The number of benzene rings is 1. The zero-order valence-electron chi connectivity index (χ0n) is 12.1. The predicted molar refractivity (Wildman–Crippen MR) is 89.2 cm³/mol. The highest BCUT2D eigenvalue weighted by Crippen LogP contribution is 2.30. The van der Waals surface area contributed by atoms with E-state index in [1.54, 1.807) is 0 Å². The van der Waals surface area contributed by atoms with Crippen LogP contribution in [0.15, 0.2) is 28.7 Å². The largest absolute Gasteiger partial charge is 0.280 e. The molecule has 0 amide bonds. The number of alkyl halides is 1. The van der Waals surface area contributed by atoms with Crippen LogP contribution in [-0.2, 0) is 6.54 Å². The lowest BCUT2D eigenvalue weighted by Crippen LogP contribution is -2.07. The Hall–Kier alpha value is -1.33. The number of rotatable bonds is 3. The quantitative estimate of drug-likeness (QED) is 0.634. The lowest BCUT2D eigenvalue weighted by atomic mass is 10.3. The number of hydrogen-bond donors (Lipinski definition) is 0. The van der Waals surface area contributed by atoms with Crippen LogP contribution in [0, 0.1) is 6.92 Å². The van der Waals surface area contributed by atoms with E-state index in [-0.39, 0.29) is 5.38 Å². The predicted octanol–water partition coefficient (Wildman–Crippen LogP) is 4.61. The molecule has 6 heteroatoms. The zero-order valence-corrected chi connectivity index (χ0v) is 14.5. The minimum absolute atomic E-state index is 0.180. The highest BCUT2D eigenvalue weighted by Gasteiger charge is 2.21. The molecule has 0 saturated carbocycles. The van der Waals surface area contributed by atoms with Gasteiger partial charge in [-0.05, 0) is 39.0 Å². The molecule has 0 aliphatic heterocycles. The Labute approximate surface area is 136 Å². The van der Waals surface area contributed by atoms with Gasteiger partial charge >= 0.3 is 0 Å². The highest BCUT2D eigenvalue weighted by molar-refractivity contribution is 9.10. The van der Waals surface area contributed by atoms with Crippen molar-refractivity contribution in [3.8, 4) is 5.69 Å². The van der Waals surface area contributed by atoms with Crippen LogP contribution in [0.1, 0.15) is 30.7 Å². The van der Waals surface area contributed by atoms with Gasteiger partial charge in [-0.3, -0.25) is 4.57 Å². The summed E-state index contributed by atoms with van der Waals surface area (Å²) in [4.78, 5) is 4.72. The van der Waals surface area contributed by atoms with Crippen molar-refractivity contribution in [2.45, 2.75) is 32.7 Å². The summed E-state index contributed by atoms with van der Waals surface area (Å²) in [7, 11) is 0. The van der Waals surface area contributed by atoms with E-state index in [1.165, 1.54) is 0 Å². The molecular formula is C15H16BrClN4. The SMILES string of the molecule is CCn1nc(C)c2nc(C(C)Cl)n(-c3cccc(Br)c3)c21. The minimum Gasteiger partial charge on any atom is -0.280 e. The third-order valence-electron chi connectivity index (χ3n) is 3.46. The second kappa shape index (κ2) is 5.46. The summed E-state index contributed by atoms with van der Waals surface area (Å²) in [6, 6.07) is 8.13. The van der Waals surface area contributed by atoms with Crippen molar-refractivity contribution >= 4 is 38.7 Å². The van der Waals surface area contributed by atoms with E-state index in [2.05, 4.69) is 44.7 Å². The number of imidazole rings is 1. The van der Waals surface area contributed by atoms with Crippen LogP contribution in [0.2, 0.25) is 0 Å². The van der Waals surface area contributed by atoms with Crippen molar-refractivity contribution in [1.29, 1.82) is 0 Å². The first kappa shape index (κ1) is 14.6. The molecule has 0 aliphatic carbocycles. The molecule has 1 aromatic carbocycles. The van der Waals surface area contributed by atoms with Crippen LogP contribution in [-0.4, -0.2) is 19.3 Å². The van der Waals surface area contributed by atoms with E-state index in [0.717, 1.165) is 39.4 Å². The zero-order chi connectivity index (χ0) is 15.1. The maximum atomic E-state index is 6.35. The van der Waals surface area contributed by atoms with Crippen molar-refractivity contribution in [2.75, 3.05) is 0 Å². The van der Waals surface area contributed by atoms with E-state index >= 15 is 0 Å². The Morgan fingerprint density at radius 1 is 1.38 bits per heavy atom. The maximum absolute atomic E-state index is 6.35. The van der Waals surface area contributed by atoms with E-state index < -0.39 is 0 Å². The molecule has 0 N–H and O–H groups in total. The molecule has 21 heavy (non-hydrogen) atoms. The van der Waals surface area contributed by atoms with E-state index in [4.69, 9.17) is 16.6 Å². The van der Waals surface area contributed by atoms with Gasteiger partial charge < -0.3 is 0 Å². The van der Waals surface area contributed by atoms with Gasteiger partial charge in [0.2, 0.25) is 0 Å². The molecule has 1 unspecified atom stereocenters. The van der Waals surface area contributed by atoms with Crippen molar-refractivity contribution < 1.29 is 0 Å². The third kappa shape index (κ3) is 2.38. The first-order chi connectivity index (χ1) is 10.0. The molecule has 110 valence electrons. The standard InChI is InChI=1S/C15H16BrClN4/c1-4-20-15-13(10(3)19-20)18-14(9(2)17)21(15)12-7-5-6-11(16)8-12/h5-9H,4H2,1-3H3. The number of hydrogen-bond acceptors (Lipinski definition) is 2. The van der Waals surface area contributed by atoms with E-state index in [9.17, 15) is 0 Å². The van der Waals surface area contributed by atoms with Crippen molar-refractivity contribution in [3.05, 3.63) is 40.3 Å². The first-order valence-electron chi connectivity index (χ1n) is 6.88. The van der Waals surface area contributed by atoms with Crippen molar-refractivity contribution in [3.63, 3.8) is 0 Å². The van der Waals surface area contributed by atoms with Crippen LogP contribution in [0.25, 0.3) is 16.9 Å². The van der Waals surface area contributed by atoms with Crippen LogP contribution in [0.5, 0.6) is 0 Å². The van der Waals surface area contributed by atoms with Gasteiger partial charge in [0.1, 0.15) is 11.3 Å². The van der Waals surface area contributed by atoms with E-state index in [1.807, 2.05) is 30.7 Å². The number of aryl methyl sites for hydroxylation is 2. The van der Waals surface area contributed by atoms with Crippen LogP contribution < -0.4 is 0 Å². The van der Waals surface area contributed by atoms with Crippen LogP contribution in [0.3, 0.4) is 0 Å². The molecule has 2 heterocycles. The van der Waals surface area contributed by atoms with Gasteiger partial charge in [-0.2, -0.15) is 5.10 Å². The number of aromatic nitrogens is 4.